The summed E-state index contributed by atoms with van der Waals surface area (Å²) in [6.07, 6.45) is 2.41. The fourth-order valence-corrected chi connectivity index (χ4v) is 2.41. The molecule has 0 aliphatic carbocycles. The molecule has 20 heavy (non-hydrogen) atoms. The number of nitrogens with zero attached hydrogens (tertiary/aromatic N) is 1. The minimum atomic E-state index is -0.189. The maximum atomic E-state index is 12.3. The van der Waals surface area contributed by atoms with Crippen LogP contribution in [0.25, 0.3) is 0 Å². The second-order valence-corrected chi connectivity index (χ2v) is 5.08. The van der Waals surface area contributed by atoms with Crippen LogP contribution < -0.4 is 10.6 Å². The molecule has 0 bridgehead atoms. The van der Waals surface area contributed by atoms with E-state index in [1.54, 1.807) is 6.20 Å². The Kier molecular flexibility index (Phi) is 3.48. The smallest absolute Gasteiger partial charge is 0.241 e. The van der Waals surface area contributed by atoms with Crippen molar-refractivity contribution in [3.8, 4) is 0 Å². The Morgan fingerprint density at radius 2 is 2.05 bits per heavy atom. The van der Waals surface area contributed by atoms with Crippen molar-refractivity contribution in [1.82, 2.24) is 10.3 Å². The van der Waals surface area contributed by atoms with Crippen molar-refractivity contribution in [2.24, 2.45) is 0 Å². The Hall–Kier alpha value is -2.20. The van der Waals surface area contributed by atoms with Gasteiger partial charge in [-0.15, -0.1) is 0 Å². The van der Waals surface area contributed by atoms with Crippen molar-refractivity contribution in [3.63, 3.8) is 0 Å². The normalized spacial score (nSPS) is 17.4. The molecule has 1 amide bonds. The summed E-state index contributed by atoms with van der Waals surface area (Å²) in [4.78, 5) is 16.4. The molecule has 1 aliphatic rings. The predicted octanol–water partition coefficient (Wildman–Crippen LogP) is 2.04. The van der Waals surface area contributed by atoms with Crippen molar-refractivity contribution in [2.45, 2.75) is 25.9 Å². The third kappa shape index (κ3) is 2.70. The predicted molar refractivity (Wildman–Crippen MR) is 78.4 cm³/mol. The van der Waals surface area contributed by atoms with E-state index < -0.39 is 0 Å². The van der Waals surface area contributed by atoms with Crippen LogP contribution in [-0.2, 0) is 17.8 Å². The number of fused-ring (bicyclic) bond motifs is 1. The van der Waals surface area contributed by atoms with Gasteiger partial charge < -0.3 is 10.6 Å². The summed E-state index contributed by atoms with van der Waals surface area (Å²) in [6, 6.07) is 11.8. The van der Waals surface area contributed by atoms with Crippen LogP contribution in [0, 0.1) is 6.92 Å². The van der Waals surface area contributed by atoms with E-state index in [4.69, 9.17) is 0 Å². The lowest BCUT2D eigenvalue weighted by atomic mass is 9.95. The standard InChI is InChI=1S/C16H17N3O/c1-11-6-7-14(10-17-11)19-16(20)15-8-12-4-2-3-5-13(12)9-18-15/h2-7,10,15,18H,8-9H2,1H3,(H,19,20)/t15-/m1/s1. The number of pyridine rings is 1. The van der Waals surface area contributed by atoms with Crippen molar-refractivity contribution in [1.29, 1.82) is 0 Å². The summed E-state index contributed by atoms with van der Waals surface area (Å²) in [7, 11) is 0. The van der Waals surface area contributed by atoms with Gasteiger partial charge in [0.2, 0.25) is 5.91 Å². The Morgan fingerprint density at radius 1 is 1.25 bits per heavy atom. The summed E-state index contributed by atoms with van der Waals surface area (Å²) >= 11 is 0. The SMILES string of the molecule is Cc1ccc(NC(=O)[C@H]2Cc3ccccc3CN2)cn1. The zero-order valence-electron chi connectivity index (χ0n) is 11.4. The minimum absolute atomic E-state index is 0.00911. The van der Waals surface area contributed by atoms with Crippen molar-refractivity contribution in [2.75, 3.05) is 5.32 Å². The average Bonchev–Trinajstić information content (AvgIpc) is 2.49. The first-order valence-corrected chi connectivity index (χ1v) is 6.76. The second-order valence-electron chi connectivity index (χ2n) is 5.08. The molecule has 102 valence electrons. The van der Waals surface area contributed by atoms with Gasteiger partial charge in [-0.25, -0.2) is 0 Å². The molecule has 1 aromatic carbocycles. The van der Waals surface area contributed by atoms with E-state index in [-0.39, 0.29) is 11.9 Å². The van der Waals surface area contributed by atoms with Crippen LogP contribution in [0.2, 0.25) is 0 Å². The molecule has 3 rings (SSSR count). The first-order chi connectivity index (χ1) is 9.72. The molecular weight excluding hydrogens is 250 g/mol. The number of amides is 1. The quantitative estimate of drug-likeness (QED) is 0.875. The second kappa shape index (κ2) is 5.43. The number of nitrogens with one attached hydrogen (secondary N) is 2. The molecule has 0 spiro atoms. The lowest BCUT2D eigenvalue weighted by molar-refractivity contribution is -0.118. The van der Waals surface area contributed by atoms with E-state index >= 15 is 0 Å². The molecule has 0 saturated carbocycles. The molecule has 0 saturated heterocycles. The molecule has 0 radical (unpaired) electrons. The summed E-state index contributed by atoms with van der Waals surface area (Å²) in [5.41, 5.74) is 4.19. The highest BCUT2D eigenvalue weighted by atomic mass is 16.2. The van der Waals surface area contributed by atoms with E-state index in [9.17, 15) is 4.79 Å². The van der Waals surface area contributed by atoms with Crippen LogP contribution >= 0.6 is 0 Å². The highest BCUT2D eigenvalue weighted by Gasteiger charge is 2.23. The summed E-state index contributed by atoms with van der Waals surface area (Å²) in [5, 5.41) is 6.18. The molecule has 4 heteroatoms. The monoisotopic (exact) mass is 267 g/mol. The molecule has 1 aliphatic heterocycles. The number of anilines is 1. The molecule has 0 fully saturated rings. The molecule has 2 heterocycles. The molecule has 0 unspecified atom stereocenters. The van der Waals surface area contributed by atoms with Gasteiger partial charge in [-0.2, -0.15) is 0 Å². The Morgan fingerprint density at radius 3 is 2.80 bits per heavy atom. The van der Waals surface area contributed by atoms with Crippen molar-refractivity contribution >= 4 is 11.6 Å². The maximum Gasteiger partial charge on any atom is 0.241 e. The number of hydrogen-bond donors (Lipinski definition) is 2. The first kappa shape index (κ1) is 12.8. The molecule has 2 N–H and O–H groups in total. The Bertz CT molecular complexity index is 622. The van der Waals surface area contributed by atoms with E-state index in [0.717, 1.165) is 24.3 Å². The zero-order valence-corrected chi connectivity index (χ0v) is 11.4. The van der Waals surface area contributed by atoms with E-state index in [1.807, 2.05) is 31.2 Å². The molecular formula is C16H17N3O. The van der Waals surface area contributed by atoms with Gasteiger partial charge in [-0.3, -0.25) is 9.78 Å². The van der Waals surface area contributed by atoms with Crippen LogP contribution in [-0.4, -0.2) is 16.9 Å². The number of aryl methyl sites for hydroxylation is 1. The van der Waals surface area contributed by atoms with Crippen LogP contribution in [0.4, 0.5) is 5.69 Å². The number of rotatable bonds is 2. The lowest BCUT2D eigenvalue weighted by Gasteiger charge is -2.25. The minimum Gasteiger partial charge on any atom is -0.323 e. The van der Waals surface area contributed by atoms with Crippen LogP contribution in [0.1, 0.15) is 16.8 Å². The van der Waals surface area contributed by atoms with Crippen molar-refractivity contribution < 1.29 is 4.79 Å². The maximum absolute atomic E-state index is 12.3. The average molecular weight is 267 g/mol. The van der Waals surface area contributed by atoms with Crippen LogP contribution in [0.5, 0.6) is 0 Å². The largest absolute Gasteiger partial charge is 0.323 e. The fourth-order valence-electron chi connectivity index (χ4n) is 2.41. The zero-order chi connectivity index (χ0) is 13.9. The third-order valence-electron chi connectivity index (χ3n) is 3.58. The highest BCUT2D eigenvalue weighted by molar-refractivity contribution is 5.95. The van der Waals surface area contributed by atoms with Gasteiger partial charge in [-0.05, 0) is 36.6 Å². The van der Waals surface area contributed by atoms with Crippen LogP contribution in [0.3, 0.4) is 0 Å². The number of benzene rings is 1. The Balaban J connectivity index is 1.68. The van der Waals surface area contributed by atoms with Gasteiger partial charge in [-0.1, -0.05) is 24.3 Å². The van der Waals surface area contributed by atoms with Gasteiger partial charge in [0.15, 0.2) is 0 Å². The summed E-state index contributed by atoms with van der Waals surface area (Å²) in [6.45, 7) is 2.66. The van der Waals surface area contributed by atoms with Crippen molar-refractivity contribution in [3.05, 3.63) is 59.4 Å². The lowest BCUT2D eigenvalue weighted by Crippen LogP contribution is -2.44. The highest BCUT2D eigenvalue weighted by Crippen LogP contribution is 2.17. The third-order valence-corrected chi connectivity index (χ3v) is 3.58. The fraction of sp³-hybridized carbons (Fsp3) is 0.250. The summed E-state index contributed by atoms with van der Waals surface area (Å²) in [5.74, 6) is -0.00911. The van der Waals surface area contributed by atoms with E-state index in [0.29, 0.717) is 0 Å². The number of carbonyl (C=O) groups excluding carboxylic acids is 1. The molecule has 1 atom stereocenters. The number of carbonyl (C=O) groups is 1. The first-order valence-electron chi connectivity index (χ1n) is 6.76. The van der Waals surface area contributed by atoms with Gasteiger partial charge in [0, 0.05) is 12.2 Å². The summed E-state index contributed by atoms with van der Waals surface area (Å²) < 4.78 is 0. The van der Waals surface area contributed by atoms with E-state index in [1.165, 1.54) is 11.1 Å². The number of hydrogen-bond acceptors (Lipinski definition) is 3. The van der Waals surface area contributed by atoms with Gasteiger partial charge in [0.05, 0.1) is 17.9 Å². The molecule has 4 nitrogen and oxygen atoms in total. The molecule has 1 aromatic heterocycles. The molecule has 2 aromatic rings. The van der Waals surface area contributed by atoms with E-state index in [2.05, 4.69) is 27.8 Å². The Labute approximate surface area is 118 Å². The van der Waals surface area contributed by atoms with Gasteiger partial charge in [0.25, 0.3) is 0 Å². The topological polar surface area (TPSA) is 54.0 Å². The van der Waals surface area contributed by atoms with Crippen LogP contribution in [0.15, 0.2) is 42.6 Å². The van der Waals surface area contributed by atoms with Gasteiger partial charge in [0.1, 0.15) is 0 Å². The van der Waals surface area contributed by atoms with Gasteiger partial charge >= 0.3 is 0 Å². The number of aromatic nitrogens is 1.